The van der Waals surface area contributed by atoms with Gasteiger partial charge >= 0.3 is 10.1 Å². The van der Waals surface area contributed by atoms with E-state index in [-0.39, 0.29) is 16.4 Å². The summed E-state index contributed by atoms with van der Waals surface area (Å²) in [6, 6.07) is 6.67. The van der Waals surface area contributed by atoms with Gasteiger partial charge in [-0.05, 0) is 29.4 Å². The number of rotatable bonds is 8. The lowest BCUT2D eigenvalue weighted by molar-refractivity contribution is -0.116. The minimum absolute atomic E-state index is 0.0801. The maximum atomic E-state index is 12.5. The predicted molar refractivity (Wildman–Crippen MR) is 89.8 cm³/mol. The van der Waals surface area contributed by atoms with Gasteiger partial charge in [0.05, 0.1) is 5.75 Å². The molecule has 4 nitrogen and oxygen atoms in total. The highest BCUT2D eigenvalue weighted by Crippen LogP contribution is 2.48. The number of Topliss-reactive ketones (excluding diaryl/α,β-unsaturated/α-hetero) is 1. The van der Waals surface area contributed by atoms with Crippen molar-refractivity contribution >= 4 is 26.2 Å². The lowest BCUT2D eigenvalue weighted by Gasteiger charge is -2.31. The van der Waals surface area contributed by atoms with Crippen LogP contribution in [-0.2, 0) is 14.9 Å². The Morgan fingerprint density at radius 2 is 1.57 bits per heavy atom. The van der Waals surface area contributed by atoms with Gasteiger partial charge < -0.3 is 0 Å². The second kappa shape index (κ2) is 7.42. The van der Waals surface area contributed by atoms with E-state index in [2.05, 4.69) is 3.63 Å². The second-order valence-corrected chi connectivity index (χ2v) is 10.4. The van der Waals surface area contributed by atoms with Crippen LogP contribution < -0.4 is 0 Å². The van der Waals surface area contributed by atoms with Crippen molar-refractivity contribution in [2.24, 2.45) is 0 Å². The molecule has 120 valence electrons. The fourth-order valence-corrected chi connectivity index (χ4v) is 7.07. The third-order valence-electron chi connectivity index (χ3n) is 3.47. The van der Waals surface area contributed by atoms with Gasteiger partial charge in [-0.1, -0.05) is 38.5 Å². The molecule has 1 rings (SSSR count). The number of carbonyl (C=O) groups excluding carboxylic acids is 1. The van der Waals surface area contributed by atoms with Gasteiger partial charge in [0, 0.05) is 17.9 Å². The summed E-state index contributed by atoms with van der Waals surface area (Å²) in [5.74, 6) is 1.57. The summed E-state index contributed by atoms with van der Waals surface area (Å²) in [6.07, 6.45) is 0.425. The van der Waals surface area contributed by atoms with Crippen LogP contribution in [0, 0.1) is 6.92 Å². The number of carbonyl (C=O) groups is 1. The Labute approximate surface area is 129 Å². The smallest absolute Gasteiger partial charge is 0.299 e. The molecule has 0 heterocycles. The summed E-state index contributed by atoms with van der Waals surface area (Å²) in [4.78, 5) is 12.0. The first-order valence-electron chi connectivity index (χ1n) is 7.12. The topological polar surface area (TPSA) is 64.0 Å². The van der Waals surface area contributed by atoms with Crippen LogP contribution in [0.4, 0.5) is 0 Å². The Morgan fingerprint density at radius 3 is 2.00 bits per heavy atom. The zero-order chi connectivity index (χ0) is 16.1. The first-order valence-corrected chi connectivity index (χ1v) is 10.7. The largest absolute Gasteiger partial charge is 0.421 e. The molecule has 0 spiro atoms. The number of hydrogen-bond acceptors (Lipinski definition) is 3. The van der Waals surface area contributed by atoms with E-state index in [0.717, 1.165) is 5.56 Å². The molecule has 0 bridgehead atoms. The van der Waals surface area contributed by atoms with Crippen LogP contribution in [-0.4, -0.2) is 35.1 Å². The second-order valence-electron chi connectivity index (χ2n) is 4.98. The van der Waals surface area contributed by atoms with Crippen LogP contribution in [0.1, 0.15) is 32.8 Å². The normalized spacial score (nSPS) is 13.1. The molecule has 1 aromatic rings. The predicted octanol–water partition coefficient (Wildman–Crippen LogP) is 3.52. The molecule has 0 unspecified atom stereocenters. The fourth-order valence-electron chi connectivity index (χ4n) is 1.90. The Balaban J connectivity index is 3.07. The van der Waals surface area contributed by atoms with Gasteiger partial charge in [-0.15, -0.1) is 8.42 Å². The monoisotopic (exact) mass is 333 g/mol. The van der Waals surface area contributed by atoms with Gasteiger partial charge in [-0.2, -0.15) is 0 Å². The standard InChI is InChI=1S/C15H24O4S2/c1-5-14(16)12-20(6-2,7-3)19-21(17,18)15-10-8-13(4)9-11-15/h8-11H,5-7,12H2,1-4H3/p+1. The molecule has 0 aliphatic carbocycles. The molecule has 21 heavy (non-hydrogen) atoms. The van der Waals surface area contributed by atoms with Crippen molar-refractivity contribution in [2.45, 2.75) is 39.0 Å². The lowest BCUT2D eigenvalue weighted by Crippen LogP contribution is -2.26. The van der Waals surface area contributed by atoms with E-state index in [9.17, 15) is 13.2 Å². The summed E-state index contributed by atoms with van der Waals surface area (Å²) < 4.78 is 29.2. The van der Waals surface area contributed by atoms with Crippen molar-refractivity contribution in [1.82, 2.24) is 0 Å². The average Bonchev–Trinajstić information content (AvgIpc) is 2.46. The molecule has 0 aromatic heterocycles. The highest BCUT2D eigenvalue weighted by molar-refractivity contribution is 8.32. The number of benzene rings is 1. The molecular formula is C15H25O4S2+. The molecule has 6 heteroatoms. The SMILES string of the molecule is CCC(=O)CS(CC)(CC)[OH+]S(=O)(=O)c1ccc(C)cc1. The summed E-state index contributed by atoms with van der Waals surface area (Å²) in [6.45, 7) is 7.53. The summed E-state index contributed by atoms with van der Waals surface area (Å²) in [5, 5.41) is 0. The molecule has 0 atom stereocenters. The minimum Gasteiger partial charge on any atom is -0.299 e. The van der Waals surface area contributed by atoms with Crippen LogP contribution in [0.15, 0.2) is 29.2 Å². The third kappa shape index (κ3) is 4.83. The lowest BCUT2D eigenvalue weighted by atomic mass is 10.2. The quantitative estimate of drug-likeness (QED) is 0.540. The van der Waals surface area contributed by atoms with Crippen LogP contribution in [0.2, 0.25) is 0 Å². The average molecular weight is 333 g/mol. The molecular weight excluding hydrogens is 308 g/mol. The van der Waals surface area contributed by atoms with Gasteiger partial charge in [0.1, 0.15) is 10.7 Å². The maximum Gasteiger partial charge on any atom is 0.421 e. The maximum absolute atomic E-state index is 12.5. The summed E-state index contributed by atoms with van der Waals surface area (Å²) in [7, 11) is -5.52. The van der Waals surface area contributed by atoms with E-state index in [1.54, 1.807) is 31.2 Å². The van der Waals surface area contributed by atoms with E-state index in [4.69, 9.17) is 0 Å². The fraction of sp³-hybridized carbons (Fsp3) is 0.533. The molecule has 0 aliphatic heterocycles. The van der Waals surface area contributed by atoms with Crippen molar-refractivity contribution in [3.8, 4) is 0 Å². The zero-order valence-electron chi connectivity index (χ0n) is 13.1. The van der Waals surface area contributed by atoms with Crippen molar-refractivity contribution in [3.63, 3.8) is 0 Å². The molecule has 0 aliphatic rings. The Hall–Kier alpha value is -0.850. The van der Waals surface area contributed by atoms with E-state index in [1.165, 1.54) is 0 Å². The first kappa shape index (κ1) is 18.2. The molecule has 0 saturated heterocycles. The number of aryl methyl sites for hydroxylation is 1. The van der Waals surface area contributed by atoms with Crippen LogP contribution in [0.25, 0.3) is 0 Å². The van der Waals surface area contributed by atoms with E-state index in [1.807, 2.05) is 20.8 Å². The first-order chi connectivity index (χ1) is 9.78. The van der Waals surface area contributed by atoms with Gasteiger partial charge in [0.2, 0.25) is 0 Å². The van der Waals surface area contributed by atoms with E-state index >= 15 is 0 Å². The van der Waals surface area contributed by atoms with Gasteiger partial charge in [0.25, 0.3) is 0 Å². The third-order valence-corrected chi connectivity index (χ3v) is 9.40. The van der Waals surface area contributed by atoms with Crippen molar-refractivity contribution in [1.29, 1.82) is 0 Å². The van der Waals surface area contributed by atoms with E-state index < -0.39 is 20.4 Å². The number of hydrogen-bond donors (Lipinski definition) is 0. The Bertz CT molecular complexity index is 572. The zero-order valence-corrected chi connectivity index (χ0v) is 14.8. The van der Waals surface area contributed by atoms with Gasteiger partial charge in [-0.3, -0.25) is 8.42 Å². The summed E-state index contributed by atoms with van der Waals surface area (Å²) in [5.41, 5.74) is 1.000. The molecule has 0 amide bonds. The number of ketones is 1. The van der Waals surface area contributed by atoms with Crippen LogP contribution in [0.3, 0.4) is 0 Å². The van der Waals surface area contributed by atoms with Crippen LogP contribution in [0.5, 0.6) is 0 Å². The molecule has 1 aromatic carbocycles. The van der Waals surface area contributed by atoms with Crippen molar-refractivity contribution in [3.05, 3.63) is 29.8 Å². The molecule has 0 saturated carbocycles. The molecule has 0 radical (unpaired) electrons. The molecule has 1 N–H and O–H groups in total. The Kier molecular flexibility index (Phi) is 6.43. The van der Waals surface area contributed by atoms with Gasteiger partial charge in [0.15, 0.2) is 0 Å². The van der Waals surface area contributed by atoms with E-state index in [0.29, 0.717) is 17.9 Å². The summed E-state index contributed by atoms with van der Waals surface area (Å²) >= 11 is 0. The highest BCUT2D eigenvalue weighted by atomic mass is 32.3. The molecule has 0 fully saturated rings. The van der Waals surface area contributed by atoms with Gasteiger partial charge in [-0.25, -0.2) is 0 Å². The minimum atomic E-state index is -3.70. The van der Waals surface area contributed by atoms with Crippen molar-refractivity contribution < 1.29 is 16.8 Å². The van der Waals surface area contributed by atoms with Crippen molar-refractivity contribution in [2.75, 3.05) is 17.3 Å². The Morgan fingerprint density at radius 1 is 1.05 bits per heavy atom. The highest BCUT2D eigenvalue weighted by Gasteiger charge is 2.36. The van der Waals surface area contributed by atoms with Crippen LogP contribution >= 0.6 is 10.3 Å².